The zero-order valence-electron chi connectivity index (χ0n) is 11.9. The van der Waals surface area contributed by atoms with Crippen molar-refractivity contribution in [3.05, 3.63) is 52.3 Å². The summed E-state index contributed by atoms with van der Waals surface area (Å²) in [5.41, 5.74) is 4.13. The van der Waals surface area contributed by atoms with E-state index in [1.807, 2.05) is 18.2 Å². The number of halogens is 1. The van der Waals surface area contributed by atoms with Crippen LogP contribution in [0.5, 0.6) is 11.5 Å². The standard InChI is InChI=1S/C16H15ClN2O2/c1-20-13-7-10-5-6-18-16(12(10)8-14(13)21-2)11-3-4-15(17)19-9-11/h3-4,7-9H,5-6H2,1-2H3. The summed E-state index contributed by atoms with van der Waals surface area (Å²) in [4.78, 5) is 8.77. The summed E-state index contributed by atoms with van der Waals surface area (Å²) in [6, 6.07) is 7.70. The van der Waals surface area contributed by atoms with Crippen LogP contribution in [0.15, 0.2) is 35.5 Å². The Morgan fingerprint density at radius 1 is 1.10 bits per heavy atom. The van der Waals surface area contributed by atoms with Gasteiger partial charge in [0, 0.05) is 23.9 Å². The van der Waals surface area contributed by atoms with Gasteiger partial charge in [0.25, 0.3) is 0 Å². The number of pyridine rings is 1. The minimum absolute atomic E-state index is 0.475. The van der Waals surface area contributed by atoms with Crippen molar-refractivity contribution in [3.63, 3.8) is 0 Å². The molecule has 0 bridgehead atoms. The Labute approximate surface area is 128 Å². The second-order valence-corrected chi connectivity index (χ2v) is 5.10. The van der Waals surface area contributed by atoms with Gasteiger partial charge in [-0.3, -0.25) is 4.99 Å². The van der Waals surface area contributed by atoms with Gasteiger partial charge in [-0.15, -0.1) is 0 Å². The second-order valence-electron chi connectivity index (χ2n) is 4.71. The van der Waals surface area contributed by atoms with E-state index in [0.717, 1.165) is 35.6 Å². The molecule has 0 atom stereocenters. The van der Waals surface area contributed by atoms with Crippen LogP contribution >= 0.6 is 11.6 Å². The highest BCUT2D eigenvalue weighted by Gasteiger charge is 2.19. The summed E-state index contributed by atoms with van der Waals surface area (Å²) in [5, 5.41) is 0.475. The highest BCUT2D eigenvalue weighted by atomic mass is 35.5. The Balaban J connectivity index is 2.11. The average molecular weight is 303 g/mol. The quantitative estimate of drug-likeness (QED) is 0.818. The number of methoxy groups -OCH3 is 2. The maximum absolute atomic E-state index is 5.85. The largest absolute Gasteiger partial charge is 0.493 e. The third-order valence-electron chi connectivity index (χ3n) is 3.52. The Hall–Kier alpha value is -2.07. The number of rotatable bonds is 3. The van der Waals surface area contributed by atoms with Crippen LogP contribution in [0.3, 0.4) is 0 Å². The van der Waals surface area contributed by atoms with E-state index in [4.69, 9.17) is 21.1 Å². The summed E-state index contributed by atoms with van der Waals surface area (Å²) < 4.78 is 10.8. The molecule has 0 N–H and O–H groups in total. The van der Waals surface area contributed by atoms with Gasteiger partial charge in [0.15, 0.2) is 11.5 Å². The molecular weight excluding hydrogens is 288 g/mol. The molecule has 0 fully saturated rings. The van der Waals surface area contributed by atoms with Crippen molar-refractivity contribution in [2.24, 2.45) is 4.99 Å². The number of fused-ring (bicyclic) bond motifs is 1. The normalized spacial score (nSPS) is 13.4. The molecule has 0 aliphatic carbocycles. The fraction of sp³-hybridized carbons (Fsp3) is 0.250. The maximum Gasteiger partial charge on any atom is 0.161 e. The molecule has 2 heterocycles. The Morgan fingerprint density at radius 3 is 2.52 bits per heavy atom. The molecule has 0 amide bonds. The molecule has 4 nitrogen and oxygen atoms in total. The minimum atomic E-state index is 0.475. The molecule has 1 aliphatic rings. The Bertz CT molecular complexity index is 696. The fourth-order valence-electron chi connectivity index (χ4n) is 2.48. The number of aromatic nitrogens is 1. The topological polar surface area (TPSA) is 43.7 Å². The lowest BCUT2D eigenvalue weighted by atomic mass is 9.93. The monoisotopic (exact) mass is 302 g/mol. The smallest absolute Gasteiger partial charge is 0.161 e. The van der Waals surface area contributed by atoms with E-state index in [-0.39, 0.29) is 0 Å². The maximum atomic E-state index is 5.85. The predicted octanol–water partition coefficient (Wildman–Crippen LogP) is 3.15. The number of hydrogen-bond donors (Lipinski definition) is 0. The number of hydrogen-bond acceptors (Lipinski definition) is 4. The zero-order valence-corrected chi connectivity index (χ0v) is 12.6. The lowest BCUT2D eigenvalue weighted by molar-refractivity contribution is 0.354. The van der Waals surface area contributed by atoms with Crippen molar-refractivity contribution >= 4 is 17.3 Å². The summed E-state index contributed by atoms with van der Waals surface area (Å²) in [7, 11) is 3.28. The van der Waals surface area contributed by atoms with Crippen LogP contribution in [0.4, 0.5) is 0 Å². The van der Waals surface area contributed by atoms with Crippen LogP contribution in [0.2, 0.25) is 5.15 Å². The molecule has 1 aliphatic heterocycles. The van der Waals surface area contributed by atoms with Crippen LogP contribution in [-0.2, 0) is 6.42 Å². The van der Waals surface area contributed by atoms with Crippen molar-refractivity contribution in [1.82, 2.24) is 4.98 Å². The first-order valence-corrected chi connectivity index (χ1v) is 7.02. The first-order valence-electron chi connectivity index (χ1n) is 6.64. The predicted molar refractivity (Wildman–Crippen MR) is 83.0 cm³/mol. The van der Waals surface area contributed by atoms with Crippen LogP contribution in [-0.4, -0.2) is 31.5 Å². The molecule has 3 rings (SSSR count). The van der Waals surface area contributed by atoms with Gasteiger partial charge in [-0.05, 0) is 36.2 Å². The van der Waals surface area contributed by atoms with Gasteiger partial charge >= 0.3 is 0 Å². The number of nitrogens with zero attached hydrogens (tertiary/aromatic N) is 2. The first-order chi connectivity index (χ1) is 10.2. The van der Waals surface area contributed by atoms with Crippen LogP contribution in [0.25, 0.3) is 0 Å². The summed E-state index contributed by atoms with van der Waals surface area (Å²) in [5.74, 6) is 1.44. The molecule has 21 heavy (non-hydrogen) atoms. The fourth-order valence-corrected chi connectivity index (χ4v) is 2.60. The van der Waals surface area contributed by atoms with E-state index < -0.39 is 0 Å². The van der Waals surface area contributed by atoms with E-state index in [9.17, 15) is 0 Å². The van der Waals surface area contributed by atoms with E-state index >= 15 is 0 Å². The molecular formula is C16H15ClN2O2. The molecule has 2 aromatic rings. The average Bonchev–Trinajstić information content (AvgIpc) is 2.53. The lowest BCUT2D eigenvalue weighted by Crippen LogP contribution is -2.15. The van der Waals surface area contributed by atoms with Gasteiger partial charge < -0.3 is 9.47 Å². The van der Waals surface area contributed by atoms with Gasteiger partial charge in [-0.2, -0.15) is 0 Å². The highest BCUT2D eigenvalue weighted by molar-refractivity contribution is 6.29. The number of ether oxygens (including phenoxy) is 2. The van der Waals surface area contributed by atoms with Crippen LogP contribution in [0, 0.1) is 0 Å². The molecule has 0 radical (unpaired) electrons. The van der Waals surface area contributed by atoms with Gasteiger partial charge in [0.1, 0.15) is 5.15 Å². The van der Waals surface area contributed by atoms with Crippen molar-refractivity contribution in [3.8, 4) is 11.5 Å². The molecule has 5 heteroatoms. The molecule has 1 aromatic heterocycles. The van der Waals surface area contributed by atoms with Gasteiger partial charge in [0.2, 0.25) is 0 Å². The lowest BCUT2D eigenvalue weighted by Gasteiger charge is -2.19. The van der Waals surface area contributed by atoms with Gasteiger partial charge in [-0.25, -0.2) is 4.98 Å². The van der Waals surface area contributed by atoms with Crippen LogP contribution in [0.1, 0.15) is 16.7 Å². The first kappa shape index (κ1) is 13.9. The third-order valence-corrected chi connectivity index (χ3v) is 3.74. The Morgan fingerprint density at radius 2 is 1.86 bits per heavy atom. The Kier molecular flexibility index (Phi) is 3.80. The van der Waals surface area contributed by atoms with Crippen LogP contribution < -0.4 is 9.47 Å². The van der Waals surface area contributed by atoms with Crippen molar-refractivity contribution in [2.75, 3.05) is 20.8 Å². The molecule has 0 saturated heterocycles. The molecule has 0 spiro atoms. The number of benzene rings is 1. The molecule has 0 unspecified atom stereocenters. The summed E-state index contributed by atoms with van der Waals surface area (Å²) in [6.07, 6.45) is 2.63. The second kappa shape index (κ2) is 5.74. The van der Waals surface area contributed by atoms with Crippen molar-refractivity contribution in [2.45, 2.75) is 6.42 Å². The molecule has 0 saturated carbocycles. The van der Waals surface area contributed by atoms with E-state index in [1.165, 1.54) is 5.56 Å². The number of aliphatic imine (C=N–C) groups is 1. The zero-order chi connectivity index (χ0) is 14.8. The van der Waals surface area contributed by atoms with Crippen molar-refractivity contribution in [1.29, 1.82) is 0 Å². The summed E-state index contributed by atoms with van der Waals surface area (Å²) in [6.45, 7) is 0.750. The van der Waals surface area contributed by atoms with E-state index in [0.29, 0.717) is 10.9 Å². The third kappa shape index (κ3) is 2.59. The van der Waals surface area contributed by atoms with Gasteiger partial charge in [-0.1, -0.05) is 11.6 Å². The minimum Gasteiger partial charge on any atom is -0.493 e. The SMILES string of the molecule is COc1cc2c(cc1OC)C(c1ccc(Cl)nc1)=NCC2. The molecule has 1 aromatic carbocycles. The molecule has 108 valence electrons. The highest BCUT2D eigenvalue weighted by Crippen LogP contribution is 2.33. The van der Waals surface area contributed by atoms with E-state index in [1.54, 1.807) is 26.5 Å². The van der Waals surface area contributed by atoms with Gasteiger partial charge in [0.05, 0.1) is 19.9 Å². The van der Waals surface area contributed by atoms with E-state index in [2.05, 4.69) is 9.98 Å². The van der Waals surface area contributed by atoms with Crippen molar-refractivity contribution < 1.29 is 9.47 Å². The summed E-state index contributed by atoms with van der Waals surface area (Å²) >= 11 is 5.85.